The van der Waals surface area contributed by atoms with Gasteiger partial charge in [0.05, 0.1) is 0 Å². The van der Waals surface area contributed by atoms with Gasteiger partial charge in [0.25, 0.3) is 0 Å². The summed E-state index contributed by atoms with van der Waals surface area (Å²) in [6, 6.07) is 9.94. The van der Waals surface area contributed by atoms with Crippen LogP contribution < -0.4 is 19.9 Å². The van der Waals surface area contributed by atoms with Crippen molar-refractivity contribution < 1.29 is 18.6 Å². The van der Waals surface area contributed by atoms with Crippen molar-refractivity contribution in [2.75, 3.05) is 13.3 Å². The average Bonchev–Trinajstić information content (AvgIpc) is 2.94. The Bertz CT molecular complexity index is 628. The van der Waals surface area contributed by atoms with Gasteiger partial charge in [-0.2, -0.15) is 0 Å². The molecule has 0 saturated heterocycles. The molecular formula is C16H16FNO3. The van der Waals surface area contributed by atoms with E-state index in [1.807, 2.05) is 12.1 Å². The second kappa shape index (κ2) is 6.01. The van der Waals surface area contributed by atoms with Gasteiger partial charge in [0.2, 0.25) is 6.79 Å². The van der Waals surface area contributed by atoms with Crippen LogP contribution in [0, 0.1) is 5.82 Å². The predicted octanol–water partition coefficient (Wildman–Crippen LogP) is 2.63. The van der Waals surface area contributed by atoms with E-state index in [0.29, 0.717) is 36.8 Å². The highest BCUT2D eigenvalue weighted by molar-refractivity contribution is 5.52. The highest BCUT2D eigenvalue weighted by atomic mass is 19.1. The lowest BCUT2D eigenvalue weighted by Gasteiger charge is -2.12. The molecule has 0 aliphatic carbocycles. The van der Waals surface area contributed by atoms with Crippen molar-refractivity contribution in [3.8, 4) is 17.2 Å². The molecule has 110 valence electrons. The maximum atomic E-state index is 12.9. The predicted molar refractivity (Wildman–Crippen MR) is 76.1 cm³/mol. The molecule has 0 spiro atoms. The summed E-state index contributed by atoms with van der Waals surface area (Å²) in [6.45, 7) is 1.10. The molecule has 0 amide bonds. The van der Waals surface area contributed by atoms with Gasteiger partial charge >= 0.3 is 0 Å². The largest absolute Gasteiger partial charge is 0.488 e. The molecule has 1 aliphatic heterocycles. The van der Waals surface area contributed by atoms with Crippen molar-refractivity contribution in [3.05, 3.63) is 53.3 Å². The van der Waals surface area contributed by atoms with Gasteiger partial charge in [-0.3, -0.25) is 0 Å². The van der Waals surface area contributed by atoms with Crippen LogP contribution in [0.2, 0.25) is 0 Å². The zero-order valence-electron chi connectivity index (χ0n) is 11.5. The normalized spacial score (nSPS) is 12.5. The highest BCUT2D eigenvalue weighted by Gasteiger charge is 2.17. The van der Waals surface area contributed by atoms with Crippen molar-refractivity contribution in [2.45, 2.75) is 13.0 Å². The minimum atomic E-state index is -0.259. The molecule has 2 aromatic rings. The van der Waals surface area contributed by atoms with Crippen LogP contribution in [0.25, 0.3) is 0 Å². The molecule has 0 saturated carbocycles. The first-order valence-electron chi connectivity index (χ1n) is 6.76. The summed E-state index contributed by atoms with van der Waals surface area (Å²) in [6.07, 6.45) is 0.690. The zero-order valence-corrected chi connectivity index (χ0v) is 11.5. The van der Waals surface area contributed by atoms with Crippen LogP contribution in [0.15, 0.2) is 36.4 Å². The Kier molecular flexibility index (Phi) is 3.92. The fourth-order valence-corrected chi connectivity index (χ4v) is 2.19. The van der Waals surface area contributed by atoms with Crippen LogP contribution in [0.4, 0.5) is 4.39 Å². The molecule has 0 aromatic heterocycles. The third-order valence-electron chi connectivity index (χ3n) is 3.28. The lowest BCUT2D eigenvalue weighted by Crippen LogP contribution is -2.05. The van der Waals surface area contributed by atoms with E-state index in [0.717, 1.165) is 11.1 Å². The van der Waals surface area contributed by atoms with E-state index in [-0.39, 0.29) is 12.6 Å². The Morgan fingerprint density at radius 2 is 1.81 bits per heavy atom. The summed E-state index contributed by atoms with van der Waals surface area (Å²) in [5.74, 6) is 1.84. The van der Waals surface area contributed by atoms with Crippen LogP contribution in [0.1, 0.15) is 11.1 Å². The van der Waals surface area contributed by atoms with E-state index in [9.17, 15) is 4.39 Å². The van der Waals surface area contributed by atoms with Crippen molar-refractivity contribution >= 4 is 0 Å². The smallest absolute Gasteiger partial charge is 0.231 e. The maximum Gasteiger partial charge on any atom is 0.231 e. The number of hydrogen-bond donors (Lipinski definition) is 1. The number of halogens is 1. The van der Waals surface area contributed by atoms with Crippen LogP contribution in [-0.4, -0.2) is 13.3 Å². The van der Waals surface area contributed by atoms with E-state index in [1.165, 1.54) is 12.1 Å². The lowest BCUT2D eigenvalue weighted by molar-refractivity contribution is 0.173. The lowest BCUT2D eigenvalue weighted by atomic mass is 10.1. The molecule has 4 nitrogen and oxygen atoms in total. The first kappa shape index (κ1) is 13.7. The molecule has 1 heterocycles. The number of fused-ring (bicyclic) bond motifs is 1. The number of rotatable bonds is 5. The van der Waals surface area contributed by atoms with Crippen molar-refractivity contribution in [3.63, 3.8) is 0 Å². The number of ether oxygens (including phenoxy) is 3. The fraction of sp³-hybridized carbons (Fsp3) is 0.250. The third-order valence-corrected chi connectivity index (χ3v) is 3.28. The molecule has 21 heavy (non-hydrogen) atoms. The molecule has 1 aliphatic rings. The summed E-state index contributed by atoms with van der Waals surface area (Å²) in [5.41, 5.74) is 7.50. The van der Waals surface area contributed by atoms with Crippen molar-refractivity contribution in [2.24, 2.45) is 5.73 Å². The van der Waals surface area contributed by atoms with E-state index < -0.39 is 0 Å². The van der Waals surface area contributed by atoms with Gasteiger partial charge in [-0.1, -0.05) is 12.1 Å². The van der Waals surface area contributed by atoms with Gasteiger partial charge in [-0.15, -0.1) is 0 Å². The van der Waals surface area contributed by atoms with Crippen LogP contribution in [-0.2, 0) is 13.0 Å². The number of benzene rings is 2. The molecule has 0 atom stereocenters. The average molecular weight is 289 g/mol. The highest BCUT2D eigenvalue weighted by Crippen LogP contribution is 2.38. The van der Waals surface area contributed by atoms with E-state index in [1.54, 1.807) is 12.1 Å². The first-order chi connectivity index (χ1) is 10.3. The second-order valence-electron chi connectivity index (χ2n) is 4.77. The summed E-state index contributed by atoms with van der Waals surface area (Å²) < 4.78 is 29.4. The quantitative estimate of drug-likeness (QED) is 0.919. The van der Waals surface area contributed by atoms with Gasteiger partial charge in [0.15, 0.2) is 11.5 Å². The SMILES string of the molecule is NCCc1cc2c(cc1OCc1ccc(F)cc1)OCO2. The summed E-state index contributed by atoms with van der Waals surface area (Å²) in [7, 11) is 0. The zero-order chi connectivity index (χ0) is 14.7. The first-order valence-corrected chi connectivity index (χ1v) is 6.76. The van der Waals surface area contributed by atoms with E-state index >= 15 is 0 Å². The Balaban J connectivity index is 1.78. The fourth-order valence-electron chi connectivity index (χ4n) is 2.19. The molecule has 0 unspecified atom stereocenters. The number of nitrogens with two attached hydrogens (primary N) is 1. The van der Waals surface area contributed by atoms with Gasteiger partial charge in [-0.25, -0.2) is 4.39 Å². The summed E-state index contributed by atoms with van der Waals surface area (Å²) >= 11 is 0. The molecule has 2 aromatic carbocycles. The topological polar surface area (TPSA) is 53.7 Å². The van der Waals surface area contributed by atoms with Gasteiger partial charge in [0.1, 0.15) is 18.2 Å². The minimum Gasteiger partial charge on any atom is -0.488 e. The summed E-state index contributed by atoms with van der Waals surface area (Å²) in [4.78, 5) is 0. The molecule has 2 N–H and O–H groups in total. The Hall–Kier alpha value is -2.27. The van der Waals surface area contributed by atoms with Crippen molar-refractivity contribution in [1.82, 2.24) is 0 Å². The van der Waals surface area contributed by atoms with Crippen LogP contribution in [0.3, 0.4) is 0 Å². The van der Waals surface area contributed by atoms with Gasteiger partial charge in [0, 0.05) is 6.07 Å². The summed E-state index contributed by atoms with van der Waals surface area (Å²) in [5, 5.41) is 0. The van der Waals surface area contributed by atoms with Crippen molar-refractivity contribution in [1.29, 1.82) is 0 Å². The molecule has 3 rings (SSSR count). The Morgan fingerprint density at radius 1 is 1.10 bits per heavy atom. The van der Waals surface area contributed by atoms with Gasteiger partial charge in [-0.05, 0) is 42.3 Å². The monoisotopic (exact) mass is 289 g/mol. The third kappa shape index (κ3) is 3.08. The maximum absolute atomic E-state index is 12.9. The van der Waals surface area contributed by atoms with Crippen LogP contribution in [0.5, 0.6) is 17.2 Å². The molecular weight excluding hydrogens is 273 g/mol. The number of hydrogen-bond acceptors (Lipinski definition) is 4. The Labute approximate surface area is 122 Å². The molecule has 0 bridgehead atoms. The van der Waals surface area contributed by atoms with E-state index in [2.05, 4.69) is 0 Å². The minimum absolute atomic E-state index is 0.221. The Morgan fingerprint density at radius 3 is 2.52 bits per heavy atom. The molecule has 5 heteroatoms. The van der Waals surface area contributed by atoms with Crippen LogP contribution >= 0.6 is 0 Å². The second-order valence-corrected chi connectivity index (χ2v) is 4.77. The molecule has 0 fully saturated rings. The van der Waals surface area contributed by atoms with E-state index in [4.69, 9.17) is 19.9 Å². The molecule has 0 radical (unpaired) electrons. The standard InChI is InChI=1S/C16H16FNO3/c17-13-3-1-11(2-4-13)9-19-14-8-16-15(20-10-21-16)7-12(14)5-6-18/h1-4,7-8H,5-6,9-10,18H2. The van der Waals surface area contributed by atoms with Gasteiger partial charge < -0.3 is 19.9 Å².